The molecule has 1 aromatic rings. The summed E-state index contributed by atoms with van der Waals surface area (Å²) in [7, 11) is 3.51. The van der Waals surface area contributed by atoms with Crippen molar-refractivity contribution in [1.29, 1.82) is 0 Å². The third-order valence-corrected chi connectivity index (χ3v) is 11.6. The van der Waals surface area contributed by atoms with Gasteiger partial charge in [0.05, 0.1) is 13.2 Å². The van der Waals surface area contributed by atoms with Gasteiger partial charge in [-0.25, -0.2) is 4.39 Å². The minimum atomic E-state index is -6.83. The van der Waals surface area contributed by atoms with Gasteiger partial charge in [0.25, 0.3) is 0 Å². The molecule has 13 heteroatoms. The molecule has 0 bridgehead atoms. The van der Waals surface area contributed by atoms with E-state index in [2.05, 4.69) is 6.92 Å². The number of unbranched alkanes of at least 4 members (excludes halogenated alkanes) is 5. The summed E-state index contributed by atoms with van der Waals surface area (Å²) >= 11 is 0. The first-order valence-electron chi connectivity index (χ1n) is 17.2. The molecular formula is C35H49F10NO2. The normalized spacial score (nSPS) is 29.5. The average molecular weight is 706 g/mol. The molecule has 3 aliphatic rings. The average Bonchev–Trinajstić information content (AvgIpc) is 3.30. The molecule has 2 saturated carbocycles. The molecule has 0 unspecified atom stereocenters. The summed E-state index contributed by atoms with van der Waals surface area (Å²) in [5.41, 5.74) is 1.80. The van der Waals surface area contributed by atoms with Crippen LogP contribution in [-0.4, -0.2) is 73.5 Å². The van der Waals surface area contributed by atoms with Crippen LogP contribution in [0.5, 0.6) is 5.75 Å². The molecule has 4 rings (SSSR count). The van der Waals surface area contributed by atoms with Crippen molar-refractivity contribution >= 4 is 0 Å². The third kappa shape index (κ3) is 7.61. The lowest BCUT2D eigenvalue weighted by Crippen LogP contribution is -2.60. The molecule has 0 saturated heterocycles. The lowest BCUT2D eigenvalue weighted by molar-refractivity contribution is -0.396. The van der Waals surface area contributed by atoms with Gasteiger partial charge < -0.3 is 14.7 Å². The number of methoxy groups -OCH3 is 1. The minimum absolute atomic E-state index is 0.00748. The van der Waals surface area contributed by atoms with Crippen LogP contribution in [0.3, 0.4) is 0 Å². The highest BCUT2D eigenvalue weighted by molar-refractivity contribution is 5.42. The van der Waals surface area contributed by atoms with E-state index in [4.69, 9.17) is 4.74 Å². The molecule has 1 N–H and O–H groups in total. The van der Waals surface area contributed by atoms with Crippen molar-refractivity contribution < 1.29 is 53.7 Å². The zero-order chi connectivity index (χ0) is 35.7. The number of ether oxygens (including phenoxy) is 1. The molecule has 1 aromatic carbocycles. The van der Waals surface area contributed by atoms with Crippen LogP contribution in [0.4, 0.5) is 43.9 Å². The summed E-state index contributed by atoms with van der Waals surface area (Å²) in [6.07, 6.45) is -3.27. The number of hydrogen-bond donors (Lipinski definition) is 1. The van der Waals surface area contributed by atoms with Gasteiger partial charge in [-0.1, -0.05) is 38.7 Å². The summed E-state index contributed by atoms with van der Waals surface area (Å²) in [5.74, 6) is -17.6. The van der Waals surface area contributed by atoms with Crippen molar-refractivity contribution in [3.63, 3.8) is 0 Å². The molecule has 0 aliphatic heterocycles. The van der Waals surface area contributed by atoms with E-state index < -0.39 is 54.5 Å². The van der Waals surface area contributed by atoms with E-state index in [0.29, 0.717) is 32.2 Å². The number of hydrogen-bond acceptors (Lipinski definition) is 3. The Labute approximate surface area is 276 Å². The molecule has 0 radical (unpaired) electrons. The van der Waals surface area contributed by atoms with Gasteiger partial charge in [-0.15, -0.1) is 0 Å². The third-order valence-electron chi connectivity index (χ3n) is 11.6. The summed E-state index contributed by atoms with van der Waals surface area (Å²) in [4.78, 5) is 2.05. The molecular weight excluding hydrogens is 656 g/mol. The van der Waals surface area contributed by atoms with Gasteiger partial charge >= 0.3 is 23.9 Å². The van der Waals surface area contributed by atoms with E-state index in [1.807, 2.05) is 30.1 Å². The fourth-order valence-corrected chi connectivity index (χ4v) is 8.87. The van der Waals surface area contributed by atoms with Gasteiger partial charge in [0, 0.05) is 12.3 Å². The van der Waals surface area contributed by atoms with Crippen LogP contribution < -0.4 is 4.74 Å². The van der Waals surface area contributed by atoms with E-state index >= 15 is 4.39 Å². The topological polar surface area (TPSA) is 32.7 Å². The van der Waals surface area contributed by atoms with Crippen LogP contribution in [0.1, 0.15) is 101 Å². The predicted octanol–water partition coefficient (Wildman–Crippen LogP) is 10.00. The Morgan fingerprint density at radius 3 is 2.12 bits per heavy atom. The van der Waals surface area contributed by atoms with Crippen LogP contribution in [0.2, 0.25) is 0 Å². The number of alkyl halides is 10. The molecule has 3 aliphatic carbocycles. The molecule has 0 spiro atoms. The Bertz CT molecular complexity index is 1210. The molecule has 3 nitrogen and oxygen atoms in total. The number of aliphatic hydroxyl groups is 1. The second-order valence-corrected chi connectivity index (χ2v) is 14.7. The van der Waals surface area contributed by atoms with Crippen LogP contribution in [-0.2, 0) is 6.42 Å². The van der Waals surface area contributed by atoms with Crippen molar-refractivity contribution in [2.75, 3.05) is 27.2 Å². The summed E-state index contributed by atoms with van der Waals surface area (Å²) in [6.45, 7) is 3.40. The molecule has 0 amide bonds. The molecule has 2 fully saturated rings. The minimum Gasteiger partial charge on any atom is -0.497 e. The highest BCUT2D eigenvalue weighted by Crippen LogP contribution is 2.63. The monoisotopic (exact) mass is 705 g/mol. The van der Waals surface area contributed by atoms with Crippen molar-refractivity contribution in [3.05, 3.63) is 29.3 Å². The standard InChI is InChI=1S/C35H49F10NO2/c1-31-21-27(36)30-25-13-12-24(48-3)20-23(25)19-22(29(30)26(31)14-15-28(31)47)11-7-6-10-18-46(2)17-9-5-4-8-16-32(37,38)33(39,40)34(41,42)35(43,44)45/h12-13,20,22,26-30,47H,4-11,14-19,21H2,1-3H3/t22-,26+,27+,28+,29+,30+,31+/m1/s1. The predicted molar refractivity (Wildman–Crippen MR) is 163 cm³/mol. The van der Waals surface area contributed by atoms with Crippen LogP contribution in [0.25, 0.3) is 0 Å². The second kappa shape index (κ2) is 14.8. The van der Waals surface area contributed by atoms with Gasteiger partial charge in [-0.05, 0) is 118 Å². The number of rotatable bonds is 16. The summed E-state index contributed by atoms with van der Waals surface area (Å²) < 4.78 is 139. The van der Waals surface area contributed by atoms with E-state index in [9.17, 15) is 44.6 Å². The fourth-order valence-electron chi connectivity index (χ4n) is 8.87. The SMILES string of the molecule is COc1ccc2c(c1)C[C@@H](CCCCCN(C)CCCCCCC(F)(F)C(F)(F)C(F)(F)C(F)(F)F)[C@@H]1[C@@H]2[C@@H](F)C[C@]2(C)[C@@H](O)CC[C@@H]12. The van der Waals surface area contributed by atoms with Gasteiger partial charge in [-0.3, -0.25) is 0 Å². The molecule has 48 heavy (non-hydrogen) atoms. The van der Waals surface area contributed by atoms with E-state index in [-0.39, 0.29) is 30.1 Å². The van der Waals surface area contributed by atoms with E-state index in [0.717, 1.165) is 61.9 Å². The first-order chi connectivity index (χ1) is 22.3. The van der Waals surface area contributed by atoms with Crippen molar-refractivity contribution in [1.82, 2.24) is 4.90 Å². The summed E-state index contributed by atoms with van der Waals surface area (Å²) in [5, 5.41) is 10.9. The van der Waals surface area contributed by atoms with Crippen LogP contribution in [0, 0.1) is 23.2 Å². The maximum absolute atomic E-state index is 16.0. The van der Waals surface area contributed by atoms with Crippen LogP contribution >= 0.6 is 0 Å². The van der Waals surface area contributed by atoms with E-state index in [1.165, 1.54) is 0 Å². The maximum Gasteiger partial charge on any atom is 0.460 e. The Balaban J connectivity index is 1.20. The first-order valence-corrected chi connectivity index (χ1v) is 17.2. The van der Waals surface area contributed by atoms with Gasteiger partial charge in [-0.2, -0.15) is 39.5 Å². The molecule has 0 aromatic heterocycles. The molecule has 7 atom stereocenters. The van der Waals surface area contributed by atoms with Crippen LogP contribution in [0.15, 0.2) is 18.2 Å². The highest BCUT2D eigenvalue weighted by Gasteiger charge is 2.81. The van der Waals surface area contributed by atoms with Crippen molar-refractivity contribution in [2.45, 2.75) is 133 Å². The first kappa shape index (κ1) is 39.0. The Morgan fingerprint density at radius 2 is 1.50 bits per heavy atom. The van der Waals surface area contributed by atoms with Gasteiger partial charge in [0.15, 0.2) is 0 Å². The second-order valence-electron chi connectivity index (χ2n) is 14.7. The number of benzene rings is 1. The zero-order valence-corrected chi connectivity index (χ0v) is 27.9. The Kier molecular flexibility index (Phi) is 12.1. The Hall–Kier alpha value is -1.76. The van der Waals surface area contributed by atoms with Gasteiger partial charge in [0.2, 0.25) is 0 Å². The lowest BCUT2D eigenvalue weighted by atomic mass is 9.51. The smallest absolute Gasteiger partial charge is 0.460 e. The largest absolute Gasteiger partial charge is 0.497 e. The molecule has 0 heterocycles. The van der Waals surface area contributed by atoms with Crippen molar-refractivity contribution in [2.24, 2.45) is 23.2 Å². The lowest BCUT2D eigenvalue weighted by Gasteiger charge is -2.54. The Morgan fingerprint density at radius 1 is 0.875 bits per heavy atom. The fraction of sp³-hybridized carbons (Fsp3) is 0.829. The summed E-state index contributed by atoms with van der Waals surface area (Å²) in [6, 6.07) is 5.96. The number of fused-ring (bicyclic) bond motifs is 5. The van der Waals surface area contributed by atoms with E-state index in [1.54, 1.807) is 7.11 Å². The zero-order valence-electron chi connectivity index (χ0n) is 27.9. The number of nitrogens with zero attached hydrogens (tertiary/aromatic N) is 1. The maximum atomic E-state index is 16.0. The van der Waals surface area contributed by atoms with Gasteiger partial charge in [0.1, 0.15) is 11.9 Å². The quantitative estimate of drug-likeness (QED) is 0.137. The van der Waals surface area contributed by atoms with Crippen molar-refractivity contribution in [3.8, 4) is 5.75 Å². The number of halogens is 10. The molecule has 276 valence electrons. The number of aliphatic hydroxyl groups excluding tert-OH is 1. The highest BCUT2D eigenvalue weighted by atomic mass is 19.4.